The van der Waals surface area contributed by atoms with Gasteiger partial charge >= 0.3 is 0 Å². The van der Waals surface area contributed by atoms with Crippen LogP contribution in [0.4, 0.5) is 0 Å². The number of halogens is 1. The molecule has 2 heterocycles. The third-order valence-corrected chi connectivity index (χ3v) is 6.28. The van der Waals surface area contributed by atoms with Crippen LogP contribution in [0.25, 0.3) is 11.1 Å². The average Bonchev–Trinajstić information content (AvgIpc) is 3.24. The molecule has 1 fully saturated rings. The van der Waals surface area contributed by atoms with Crippen molar-refractivity contribution >= 4 is 22.9 Å². The van der Waals surface area contributed by atoms with E-state index in [0.717, 1.165) is 22.6 Å². The first-order chi connectivity index (χ1) is 13.6. The van der Waals surface area contributed by atoms with Gasteiger partial charge in [0.2, 0.25) is 0 Å². The van der Waals surface area contributed by atoms with Gasteiger partial charge in [-0.3, -0.25) is 0 Å². The van der Waals surface area contributed by atoms with Gasteiger partial charge in [-0.2, -0.15) is 11.3 Å². The lowest BCUT2D eigenvalue weighted by atomic mass is 9.94. The van der Waals surface area contributed by atoms with Crippen LogP contribution in [0, 0.1) is 0 Å². The van der Waals surface area contributed by atoms with Crippen LogP contribution in [0.5, 0.6) is 0 Å². The van der Waals surface area contributed by atoms with Crippen LogP contribution < -0.4 is 0 Å². The Kier molecular flexibility index (Phi) is 6.14. The van der Waals surface area contributed by atoms with E-state index in [1.54, 1.807) is 11.3 Å². The Bertz CT molecular complexity index is 908. The van der Waals surface area contributed by atoms with E-state index in [1.807, 2.05) is 12.1 Å². The minimum absolute atomic E-state index is 0.0789. The Morgan fingerprint density at radius 2 is 1.86 bits per heavy atom. The van der Waals surface area contributed by atoms with Crippen LogP contribution in [0.15, 0.2) is 59.3 Å². The molecule has 3 aromatic rings. The molecule has 1 unspecified atom stereocenters. The summed E-state index contributed by atoms with van der Waals surface area (Å²) in [5, 5.41) is 24.4. The molecule has 3 nitrogen and oxygen atoms in total. The lowest BCUT2D eigenvalue weighted by Crippen LogP contribution is -2.33. The van der Waals surface area contributed by atoms with Gasteiger partial charge in [-0.1, -0.05) is 48.0 Å². The molecule has 1 aromatic heterocycles. The highest BCUT2D eigenvalue weighted by molar-refractivity contribution is 7.08. The molecule has 0 amide bonds. The van der Waals surface area contributed by atoms with E-state index >= 15 is 0 Å². The van der Waals surface area contributed by atoms with Gasteiger partial charge < -0.3 is 14.9 Å². The van der Waals surface area contributed by atoms with Crippen molar-refractivity contribution in [3.63, 3.8) is 0 Å². The van der Waals surface area contributed by atoms with Crippen molar-refractivity contribution in [2.24, 2.45) is 0 Å². The van der Waals surface area contributed by atoms with Crippen LogP contribution in [0.3, 0.4) is 0 Å². The summed E-state index contributed by atoms with van der Waals surface area (Å²) in [6, 6.07) is 16.6. The first-order valence-electron chi connectivity index (χ1n) is 9.46. The summed E-state index contributed by atoms with van der Waals surface area (Å²) in [7, 11) is 0. The van der Waals surface area contributed by atoms with E-state index in [2.05, 4.69) is 47.2 Å². The number of hydrogen-bond donors (Lipinski definition) is 2. The molecule has 0 spiro atoms. The molecule has 146 valence electrons. The molecule has 5 heteroatoms. The molecule has 2 aromatic carbocycles. The Morgan fingerprint density at radius 3 is 2.57 bits per heavy atom. The van der Waals surface area contributed by atoms with Gasteiger partial charge in [0, 0.05) is 17.9 Å². The standard InChI is InChI=1S/C23H23ClO3S/c24-22-6-5-17(23-12-20(26)11-21(13-25)27-23)10-19(22)9-15-1-3-16(4-2-15)18-7-8-28-14-18/h1-8,10,14,20-21,23,25-26H,9,11-13H2/t20-,21-,23?/m0/s1. The number of hydrogen-bond acceptors (Lipinski definition) is 4. The largest absolute Gasteiger partial charge is 0.394 e. The van der Waals surface area contributed by atoms with Gasteiger partial charge in [0.05, 0.1) is 24.9 Å². The summed E-state index contributed by atoms with van der Waals surface area (Å²) >= 11 is 8.15. The predicted octanol–water partition coefficient (Wildman–Crippen LogP) is 5.23. The van der Waals surface area contributed by atoms with Gasteiger partial charge in [0.15, 0.2) is 0 Å². The zero-order valence-corrected chi connectivity index (χ0v) is 17.0. The second-order valence-electron chi connectivity index (χ2n) is 7.29. The normalized spacial score (nSPS) is 22.3. The van der Waals surface area contributed by atoms with Gasteiger partial charge in [-0.05, 0) is 57.1 Å². The molecule has 0 saturated carbocycles. The third-order valence-electron chi connectivity index (χ3n) is 5.23. The van der Waals surface area contributed by atoms with Gasteiger partial charge in [-0.25, -0.2) is 0 Å². The Labute approximate surface area is 174 Å². The molecular weight excluding hydrogens is 392 g/mol. The van der Waals surface area contributed by atoms with Gasteiger partial charge in [0.25, 0.3) is 0 Å². The molecule has 28 heavy (non-hydrogen) atoms. The zero-order valence-electron chi connectivity index (χ0n) is 15.4. The molecule has 1 saturated heterocycles. The van der Waals surface area contributed by atoms with E-state index in [-0.39, 0.29) is 18.8 Å². The highest BCUT2D eigenvalue weighted by atomic mass is 35.5. The van der Waals surface area contributed by atoms with Crippen molar-refractivity contribution in [2.45, 2.75) is 37.6 Å². The fourth-order valence-corrected chi connectivity index (χ4v) is 4.57. The van der Waals surface area contributed by atoms with Crippen molar-refractivity contribution in [3.8, 4) is 11.1 Å². The molecule has 3 atom stereocenters. The number of aliphatic hydroxyl groups excluding tert-OH is 2. The topological polar surface area (TPSA) is 49.7 Å². The van der Waals surface area contributed by atoms with Crippen molar-refractivity contribution < 1.29 is 14.9 Å². The molecule has 0 bridgehead atoms. The monoisotopic (exact) mass is 414 g/mol. The molecule has 0 aliphatic carbocycles. The highest BCUT2D eigenvalue weighted by Gasteiger charge is 2.29. The SMILES string of the molecule is OC[C@@H]1C[C@H](O)CC(c2ccc(Cl)c(Cc3ccc(-c4ccsc4)cc3)c2)O1. The smallest absolute Gasteiger partial charge is 0.0854 e. The van der Waals surface area contributed by atoms with Crippen molar-refractivity contribution in [1.29, 1.82) is 0 Å². The quantitative estimate of drug-likeness (QED) is 0.600. The molecular formula is C23H23ClO3S. The summed E-state index contributed by atoms with van der Waals surface area (Å²) in [5.74, 6) is 0. The summed E-state index contributed by atoms with van der Waals surface area (Å²) in [5.41, 5.74) is 5.67. The van der Waals surface area contributed by atoms with E-state index < -0.39 is 6.10 Å². The number of ether oxygens (including phenoxy) is 1. The van der Waals surface area contributed by atoms with Crippen LogP contribution in [-0.4, -0.2) is 29.0 Å². The minimum Gasteiger partial charge on any atom is -0.394 e. The first-order valence-corrected chi connectivity index (χ1v) is 10.8. The van der Waals surface area contributed by atoms with Crippen molar-refractivity contribution in [2.75, 3.05) is 6.61 Å². The van der Waals surface area contributed by atoms with E-state index in [9.17, 15) is 10.2 Å². The lowest BCUT2D eigenvalue weighted by molar-refractivity contribution is -0.113. The Balaban J connectivity index is 1.52. The number of aliphatic hydroxyl groups is 2. The maximum absolute atomic E-state index is 10.1. The van der Waals surface area contributed by atoms with Crippen LogP contribution in [0.2, 0.25) is 5.02 Å². The maximum Gasteiger partial charge on any atom is 0.0854 e. The van der Waals surface area contributed by atoms with Crippen LogP contribution >= 0.6 is 22.9 Å². The summed E-state index contributed by atoms with van der Waals surface area (Å²) in [4.78, 5) is 0. The number of benzene rings is 2. The van der Waals surface area contributed by atoms with E-state index in [0.29, 0.717) is 12.8 Å². The fourth-order valence-electron chi connectivity index (χ4n) is 3.72. The van der Waals surface area contributed by atoms with E-state index in [1.165, 1.54) is 16.7 Å². The Hall–Kier alpha value is -1.69. The van der Waals surface area contributed by atoms with Crippen molar-refractivity contribution in [1.82, 2.24) is 0 Å². The average molecular weight is 415 g/mol. The predicted molar refractivity (Wildman–Crippen MR) is 114 cm³/mol. The Morgan fingerprint density at radius 1 is 1.04 bits per heavy atom. The van der Waals surface area contributed by atoms with Crippen LogP contribution in [-0.2, 0) is 11.2 Å². The van der Waals surface area contributed by atoms with E-state index in [4.69, 9.17) is 16.3 Å². The van der Waals surface area contributed by atoms with Crippen LogP contribution in [0.1, 0.15) is 35.6 Å². The molecule has 1 aliphatic heterocycles. The first kappa shape index (κ1) is 19.6. The second-order valence-corrected chi connectivity index (χ2v) is 8.48. The third kappa shape index (κ3) is 4.48. The molecule has 2 N–H and O–H groups in total. The highest BCUT2D eigenvalue weighted by Crippen LogP contribution is 2.34. The van der Waals surface area contributed by atoms with Gasteiger partial charge in [0.1, 0.15) is 0 Å². The minimum atomic E-state index is -0.459. The molecule has 0 radical (unpaired) electrons. The van der Waals surface area contributed by atoms with Gasteiger partial charge in [-0.15, -0.1) is 0 Å². The summed E-state index contributed by atoms with van der Waals surface area (Å²) in [6.45, 7) is -0.0789. The fraction of sp³-hybridized carbons (Fsp3) is 0.304. The maximum atomic E-state index is 10.1. The number of rotatable bonds is 5. The summed E-state index contributed by atoms with van der Waals surface area (Å²) < 4.78 is 5.94. The molecule has 1 aliphatic rings. The lowest BCUT2D eigenvalue weighted by Gasteiger charge is -2.32. The summed E-state index contributed by atoms with van der Waals surface area (Å²) in [6.07, 6.45) is 0.738. The number of thiophene rings is 1. The zero-order chi connectivity index (χ0) is 19.5. The van der Waals surface area contributed by atoms with Crippen molar-refractivity contribution in [3.05, 3.63) is 81.0 Å². The second kappa shape index (κ2) is 8.76. The molecule has 4 rings (SSSR count).